The molecule has 0 radical (unpaired) electrons. The van der Waals surface area contributed by atoms with Crippen LogP contribution in [0, 0.1) is 0 Å². The Morgan fingerprint density at radius 1 is 1.53 bits per heavy atom. The molecular weight excluding hydrogens is 192 g/mol. The van der Waals surface area contributed by atoms with Crippen molar-refractivity contribution in [2.45, 2.75) is 19.6 Å². The molecule has 1 atom stereocenters. The summed E-state index contributed by atoms with van der Waals surface area (Å²) < 4.78 is 10.7. The fraction of sp³-hybridized carbons (Fsp3) is 0.545. The van der Waals surface area contributed by atoms with Crippen molar-refractivity contribution < 1.29 is 9.47 Å². The van der Waals surface area contributed by atoms with Crippen LogP contribution in [-0.2, 0) is 11.3 Å². The van der Waals surface area contributed by atoms with Crippen molar-refractivity contribution in [3.05, 3.63) is 23.9 Å². The van der Waals surface area contributed by atoms with Crippen LogP contribution >= 0.6 is 0 Å². The van der Waals surface area contributed by atoms with E-state index in [1.54, 1.807) is 13.3 Å². The summed E-state index contributed by atoms with van der Waals surface area (Å²) in [6, 6.07) is 3.90. The first kappa shape index (κ1) is 11.9. The van der Waals surface area contributed by atoms with Crippen LogP contribution in [-0.4, -0.2) is 31.9 Å². The molecule has 84 valence electrons. The van der Waals surface area contributed by atoms with Crippen LogP contribution in [0.3, 0.4) is 0 Å². The van der Waals surface area contributed by atoms with Crippen LogP contribution in [0.5, 0.6) is 5.88 Å². The third-order valence-electron chi connectivity index (χ3n) is 1.93. The van der Waals surface area contributed by atoms with Gasteiger partial charge in [0.2, 0.25) is 5.88 Å². The van der Waals surface area contributed by atoms with Crippen LogP contribution in [0.2, 0.25) is 0 Å². The molecule has 1 unspecified atom stereocenters. The van der Waals surface area contributed by atoms with E-state index >= 15 is 0 Å². The molecule has 1 rings (SSSR count). The lowest BCUT2D eigenvalue weighted by atomic mass is 10.2. The molecule has 0 saturated heterocycles. The molecule has 0 aliphatic heterocycles. The largest absolute Gasteiger partial charge is 0.472 e. The molecule has 4 heteroatoms. The molecule has 1 N–H and O–H groups in total. The molecule has 0 amide bonds. The molecule has 1 aromatic heterocycles. The van der Waals surface area contributed by atoms with Crippen molar-refractivity contribution in [2.24, 2.45) is 0 Å². The van der Waals surface area contributed by atoms with Gasteiger partial charge in [-0.3, -0.25) is 0 Å². The second-order valence-electron chi connectivity index (χ2n) is 3.38. The number of hydrogen-bond acceptors (Lipinski definition) is 4. The van der Waals surface area contributed by atoms with E-state index < -0.39 is 0 Å². The van der Waals surface area contributed by atoms with E-state index in [0.29, 0.717) is 12.5 Å². The molecule has 4 nitrogen and oxygen atoms in total. The van der Waals surface area contributed by atoms with Crippen LogP contribution in [0.1, 0.15) is 12.5 Å². The number of aromatic nitrogens is 1. The number of methoxy groups -OCH3 is 1. The Hall–Kier alpha value is -1.13. The average Bonchev–Trinajstić information content (AvgIpc) is 2.21. The van der Waals surface area contributed by atoms with Gasteiger partial charge in [0, 0.05) is 25.4 Å². The maximum Gasteiger partial charge on any atom is 0.218 e. The Labute approximate surface area is 90.6 Å². The number of hydrogen-bond donors (Lipinski definition) is 1. The summed E-state index contributed by atoms with van der Waals surface area (Å²) in [5.41, 5.74) is 1.06. The molecule has 0 aromatic carbocycles. The predicted octanol–water partition coefficient (Wildman–Crippen LogP) is 1.21. The number of pyridine rings is 1. The van der Waals surface area contributed by atoms with Crippen molar-refractivity contribution >= 4 is 0 Å². The maximum absolute atomic E-state index is 5.66. The van der Waals surface area contributed by atoms with Gasteiger partial charge in [-0.05, 0) is 20.0 Å². The fourth-order valence-electron chi connectivity index (χ4n) is 1.31. The number of ether oxygens (including phenoxy) is 2. The van der Waals surface area contributed by atoms with E-state index in [1.807, 2.05) is 26.1 Å². The van der Waals surface area contributed by atoms with Gasteiger partial charge >= 0.3 is 0 Å². The number of rotatable bonds is 6. The van der Waals surface area contributed by atoms with Gasteiger partial charge in [0.15, 0.2) is 0 Å². The second kappa shape index (κ2) is 6.37. The van der Waals surface area contributed by atoms with Crippen molar-refractivity contribution in [1.82, 2.24) is 10.3 Å². The van der Waals surface area contributed by atoms with Crippen molar-refractivity contribution in [3.8, 4) is 5.88 Å². The highest BCUT2D eigenvalue weighted by Gasteiger charge is 2.08. The lowest BCUT2D eigenvalue weighted by molar-refractivity contribution is 0.0882. The molecule has 0 spiro atoms. The summed E-state index contributed by atoms with van der Waals surface area (Å²) >= 11 is 0. The Morgan fingerprint density at radius 2 is 2.33 bits per heavy atom. The van der Waals surface area contributed by atoms with Crippen molar-refractivity contribution in [2.75, 3.05) is 20.8 Å². The lowest BCUT2D eigenvalue weighted by Gasteiger charge is -2.15. The molecule has 0 aliphatic carbocycles. The van der Waals surface area contributed by atoms with Gasteiger partial charge in [-0.1, -0.05) is 6.07 Å². The van der Waals surface area contributed by atoms with Crippen LogP contribution in [0.25, 0.3) is 0 Å². The lowest BCUT2D eigenvalue weighted by Crippen LogP contribution is -2.20. The van der Waals surface area contributed by atoms with Gasteiger partial charge in [-0.15, -0.1) is 0 Å². The zero-order chi connectivity index (χ0) is 11.1. The third kappa shape index (κ3) is 3.85. The monoisotopic (exact) mass is 210 g/mol. The van der Waals surface area contributed by atoms with E-state index in [9.17, 15) is 0 Å². The molecular formula is C11H18N2O2. The van der Waals surface area contributed by atoms with E-state index in [1.165, 1.54) is 0 Å². The molecule has 0 saturated carbocycles. The van der Waals surface area contributed by atoms with Crippen LogP contribution < -0.4 is 10.1 Å². The number of nitrogens with one attached hydrogen (secondary N) is 1. The second-order valence-corrected chi connectivity index (χ2v) is 3.38. The first-order chi connectivity index (χ1) is 7.27. The molecule has 0 bridgehead atoms. The summed E-state index contributed by atoms with van der Waals surface area (Å²) in [7, 11) is 3.56. The highest BCUT2D eigenvalue weighted by Crippen LogP contribution is 2.15. The van der Waals surface area contributed by atoms with E-state index in [2.05, 4.69) is 10.3 Å². The van der Waals surface area contributed by atoms with Gasteiger partial charge in [-0.25, -0.2) is 4.98 Å². The first-order valence-electron chi connectivity index (χ1n) is 5.02. The standard InChI is InChI=1S/C11H18N2O2/c1-9(8-14-3)15-11-10(7-12-2)5-4-6-13-11/h4-6,9,12H,7-8H2,1-3H3. The van der Waals surface area contributed by atoms with Gasteiger partial charge in [-0.2, -0.15) is 0 Å². The Kier molecular flexibility index (Phi) is 5.07. The minimum Gasteiger partial charge on any atom is -0.472 e. The predicted molar refractivity (Wildman–Crippen MR) is 59.0 cm³/mol. The van der Waals surface area contributed by atoms with E-state index in [-0.39, 0.29) is 6.10 Å². The van der Waals surface area contributed by atoms with Crippen molar-refractivity contribution in [3.63, 3.8) is 0 Å². The fourth-order valence-corrected chi connectivity index (χ4v) is 1.31. The van der Waals surface area contributed by atoms with Gasteiger partial charge in [0.1, 0.15) is 6.10 Å². The summed E-state index contributed by atoms with van der Waals surface area (Å²) in [4.78, 5) is 4.20. The van der Waals surface area contributed by atoms with Crippen LogP contribution in [0.15, 0.2) is 18.3 Å². The highest BCUT2D eigenvalue weighted by molar-refractivity contribution is 5.25. The minimum absolute atomic E-state index is 0.0144. The van der Waals surface area contributed by atoms with Crippen LogP contribution in [0.4, 0.5) is 0 Å². The quantitative estimate of drug-likeness (QED) is 0.766. The average molecular weight is 210 g/mol. The minimum atomic E-state index is 0.0144. The van der Waals surface area contributed by atoms with Crippen molar-refractivity contribution in [1.29, 1.82) is 0 Å². The summed E-state index contributed by atoms with van der Waals surface area (Å²) in [5, 5.41) is 3.08. The first-order valence-corrected chi connectivity index (χ1v) is 5.02. The maximum atomic E-state index is 5.66. The number of nitrogens with zero attached hydrogens (tertiary/aromatic N) is 1. The van der Waals surface area contributed by atoms with Gasteiger partial charge in [0.05, 0.1) is 6.61 Å². The summed E-state index contributed by atoms with van der Waals surface area (Å²) in [6.07, 6.45) is 1.74. The Balaban J connectivity index is 2.66. The molecule has 15 heavy (non-hydrogen) atoms. The Bertz CT molecular complexity index is 292. The zero-order valence-corrected chi connectivity index (χ0v) is 9.49. The topological polar surface area (TPSA) is 43.4 Å². The van der Waals surface area contributed by atoms with Gasteiger partial charge < -0.3 is 14.8 Å². The summed E-state index contributed by atoms with van der Waals surface area (Å²) in [6.45, 7) is 3.28. The Morgan fingerprint density at radius 3 is 3.00 bits per heavy atom. The molecule has 1 heterocycles. The SMILES string of the molecule is CNCc1cccnc1OC(C)COC. The van der Waals surface area contributed by atoms with E-state index in [4.69, 9.17) is 9.47 Å². The molecule has 0 fully saturated rings. The molecule has 1 aromatic rings. The van der Waals surface area contributed by atoms with E-state index in [0.717, 1.165) is 12.1 Å². The third-order valence-corrected chi connectivity index (χ3v) is 1.93. The normalized spacial score (nSPS) is 12.5. The smallest absolute Gasteiger partial charge is 0.218 e. The zero-order valence-electron chi connectivity index (χ0n) is 9.49. The summed E-state index contributed by atoms with van der Waals surface area (Å²) in [5.74, 6) is 0.677. The van der Waals surface area contributed by atoms with Gasteiger partial charge in [0.25, 0.3) is 0 Å². The highest BCUT2D eigenvalue weighted by atomic mass is 16.5. The molecule has 0 aliphatic rings.